The molecule has 10 heteroatoms. The van der Waals surface area contributed by atoms with Gasteiger partial charge in [-0.05, 0) is 35.6 Å². The topological polar surface area (TPSA) is 86.3 Å². The minimum absolute atomic E-state index is 0.153. The van der Waals surface area contributed by atoms with Crippen LogP contribution < -0.4 is 5.73 Å². The molecule has 0 radical (unpaired) electrons. The number of hydrogen-bond acceptors (Lipinski definition) is 5. The van der Waals surface area contributed by atoms with Crippen LogP contribution in [0.2, 0.25) is 5.02 Å². The summed E-state index contributed by atoms with van der Waals surface area (Å²) in [7, 11) is 1.44. The third-order valence-corrected chi connectivity index (χ3v) is 6.18. The molecule has 1 aromatic heterocycles. The van der Waals surface area contributed by atoms with Crippen molar-refractivity contribution in [3.63, 3.8) is 0 Å². The van der Waals surface area contributed by atoms with Crippen LogP contribution in [0, 0.1) is 11.2 Å². The van der Waals surface area contributed by atoms with Crippen molar-refractivity contribution in [2.45, 2.75) is 45.8 Å². The summed E-state index contributed by atoms with van der Waals surface area (Å²) in [5.41, 5.74) is 6.43. The Labute approximate surface area is 221 Å². The maximum Gasteiger partial charge on any atom is 0.249 e. The van der Waals surface area contributed by atoms with E-state index in [2.05, 4.69) is 5.10 Å². The van der Waals surface area contributed by atoms with Gasteiger partial charge in [-0.3, -0.25) is 4.79 Å². The van der Waals surface area contributed by atoms with Gasteiger partial charge in [0.05, 0.1) is 18.2 Å². The normalized spacial score (nSPS) is 13.4. The maximum atomic E-state index is 14.8. The smallest absolute Gasteiger partial charge is 0.249 e. The van der Waals surface area contributed by atoms with Gasteiger partial charge in [0, 0.05) is 24.7 Å². The highest BCUT2D eigenvalue weighted by atomic mass is 35.5. The number of carbonyl (C=O) groups excluding carboxylic acids is 1. The van der Waals surface area contributed by atoms with Gasteiger partial charge in [-0.15, -0.1) is 0 Å². The molecule has 7 nitrogen and oxygen atoms in total. The number of amides is 1. The Morgan fingerprint density at radius 3 is 2.54 bits per heavy atom. The summed E-state index contributed by atoms with van der Waals surface area (Å²) in [5, 5.41) is 5.01. The Balaban J connectivity index is 2.19. The Bertz CT molecular complexity index is 1180. The maximum absolute atomic E-state index is 14.8. The number of hydrogen-bond donors (Lipinski definition) is 1. The van der Waals surface area contributed by atoms with Crippen LogP contribution in [0.3, 0.4) is 0 Å². The van der Waals surface area contributed by atoms with Gasteiger partial charge in [-0.2, -0.15) is 5.10 Å². The van der Waals surface area contributed by atoms with Crippen molar-refractivity contribution in [2.75, 3.05) is 26.9 Å². The standard InChI is InChI=1S/C27H34ClF2N5O2/c1-27(2,3)24(34(23(36)17-37-4)13-12-20(31)15-29)26-32-25(21-14-19(28)10-11-22(21)30)33-35(26)16-18-8-6-5-7-9-18/h5-11,14,20,24H,12-13,15-17,31H2,1-4H3/t20-,24?/m0/s1. The first kappa shape index (κ1) is 28.7. The Hall–Kier alpha value is -2.88. The lowest BCUT2D eigenvalue weighted by molar-refractivity contribution is -0.140. The van der Waals surface area contributed by atoms with Crippen LogP contribution in [0.4, 0.5) is 8.78 Å². The van der Waals surface area contributed by atoms with Crippen LogP contribution in [-0.2, 0) is 16.1 Å². The highest BCUT2D eigenvalue weighted by Gasteiger charge is 2.39. The molecule has 0 aliphatic heterocycles. The molecular weight excluding hydrogens is 500 g/mol. The number of carbonyl (C=O) groups is 1. The number of nitrogens with zero attached hydrogens (tertiary/aromatic N) is 4. The molecule has 0 fully saturated rings. The molecule has 1 heterocycles. The highest BCUT2D eigenvalue weighted by Crippen LogP contribution is 2.39. The van der Waals surface area contributed by atoms with Crippen LogP contribution in [0.1, 0.15) is 44.6 Å². The molecule has 0 aliphatic carbocycles. The van der Waals surface area contributed by atoms with Gasteiger partial charge in [0.1, 0.15) is 19.1 Å². The monoisotopic (exact) mass is 533 g/mol. The van der Waals surface area contributed by atoms with Crippen LogP contribution in [0.5, 0.6) is 0 Å². The molecule has 3 aromatic rings. The van der Waals surface area contributed by atoms with Crippen LogP contribution in [-0.4, -0.2) is 58.5 Å². The van der Waals surface area contributed by atoms with Crippen LogP contribution >= 0.6 is 11.6 Å². The van der Waals surface area contributed by atoms with Crippen molar-refractivity contribution in [2.24, 2.45) is 11.1 Å². The number of nitrogens with two attached hydrogens (primary N) is 1. The lowest BCUT2D eigenvalue weighted by Gasteiger charge is -2.40. The molecule has 0 bridgehead atoms. The molecule has 3 rings (SSSR count). The summed E-state index contributed by atoms with van der Waals surface area (Å²) in [6, 6.07) is 12.5. The summed E-state index contributed by atoms with van der Waals surface area (Å²) in [4.78, 5) is 19.7. The lowest BCUT2D eigenvalue weighted by Crippen LogP contribution is -2.46. The number of benzene rings is 2. The van der Waals surface area contributed by atoms with Gasteiger partial charge >= 0.3 is 0 Å². The molecule has 2 atom stereocenters. The zero-order valence-electron chi connectivity index (χ0n) is 21.6. The molecule has 2 N–H and O–H groups in total. The molecular formula is C27H34ClF2N5O2. The number of aromatic nitrogens is 3. The number of ether oxygens (including phenoxy) is 1. The zero-order chi connectivity index (χ0) is 27.2. The average molecular weight is 534 g/mol. The minimum atomic E-state index is -0.711. The second-order valence-electron chi connectivity index (χ2n) is 10.1. The number of methoxy groups -OCH3 is 1. The quantitative estimate of drug-likeness (QED) is 0.373. The molecule has 200 valence electrons. The summed E-state index contributed by atoms with van der Waals surface area (Å²) in [6.07, 6.45) is 0.251. The Morgan fingerprint density at radius 2 is 1.92 bits per heavy atom. The lowest BCUT2D eigenvalue weighted by atomic mass is 9.84. The number of halogens is 3. The summed E-state index contributed by atoms with van der Waals surface area (Å²) in [5.74, 6) is -0.191. The molecule has 37 heavy (non-hydrogen) atoms. The fourth-order valence-electron chi connectivity index (χ4n) is 4.19. The molecule has 1 amide bonds. The summed E-state index contributed by atoms with van der Waals surface area (Å²) < 4.78 is 34.8. The van der Waals surface area contributed by atoms with Crippen molar-refractivity contribution in [1.29, 1.82) is 0 Å². The molecule has 0 saturated heterocycles. The van der Waals surface area contributed by atoms with E-state index in [0.29, 0.717) is 17.4 Å². The Morgan fingerprint density at radius 1 is 1.22 bits per heavy atom. The van der Waals surface area contributed by atoms with E-state index >= 15 is 0 Å². The third kappa shape index (κ3) is 7.34. The fourth-order valence-corrected chi connectivity index (χ4v) is 4.36. The van der Waals surface area contributed by atoms with Gasteiger partial charge in [0.15, 0.2) is 11.6 Å². The molecule has 0 spiro atoms. The summed E-state index contributed by atoms with van der Waals surface area (Å²) >= 11 is 6.15. The van der Waals surface area contributed by atoms with E-state index < -0.39 is 30.0 Å². The highest BCUT2D eigenvalue weighted by molar-refractivity contribution is 6.30. The first-order chi connectivity index (χ1) is 17.5. The van der Waals surface area contributed by atoms with E-state index in [1.54, 1.807) is 9.58 Å². The van der Waals surface area contributed by atoms with Crippen molar-refractivity contribution in [3.05, 3.63) is 70.8 Å². The van der Waals surface area contributed by atoms with Crippen molar-refractivity contribution < 1.29 is 18.3 Å². The predicted octanol–water partition coefficient (Wildman–Crippen LogP) is 5.04. The van der Waals surface area contributed by atoms with E-state index in [1.807, 2.05) is 51.1 Å². The van der Waals surface area contributed by atoms with Gasteiger partial charge in [-0.1, -0.05) is 62.7 Å². The van der Waals surface area contributed by atoms with E-state index in [-0.39, 0.29) is 36.9 Å². The van der Waals surface area contributed by atoms with Crippen molar-refractivity contribution in [1.82, 2.24) is 19.7 Å². The number of alkyl halides is 1. The summed E-state index contributed by atoms with van der Waals surface area (Å²) in [6.45, 7) is 5.58. The van der Waals surface area contributed by atoms with Gasteiger partial charge in [-0.25, -0.2) is 18.4 Å². The van der Waals surface area contributed by atoms with E-state index in [0.717, 1.165) is 5.56 Å². The molecule has 0 saturated carbocycles. The van der Waals surface area contributed by atoms with E-state index in [4.69, 9.17) is 27.1 Å². The average Bonchev–Trinajstić information content (AvgIpc) is 3.25. The SMILES string of the molecule is COCC(=O)N(CC[C@H](N)CF)C(c1nc(-c2cc(Cl)ccc2F)nn1Cc1ccccc1)C(C)(C)C. The third-order valence-electron chi connectivity index (χ3n) is 5.95. The minimum Gasteiger partial charge on any atom is -0.375 e. The van der Waals surface area contributed by atoms with Gasteiger partial charge < -0.3 is 15.4 Å². The Kier molecular flexibility index (Phi) is 9.75. The molecule has 1 unspecified atom stereocenters. The van der Waals surface area contributed by atoms with E-state index in [9.17, 15) is 13.6 Å². The first-order valence-corrected chi connectivity index (χ1v) is 12.5. The van der Waals surface area contributed by atoms with Crippen molar-refractivity contribution in [3.8, 4) is 11.4 Å². The predicted molar refractivity (Wildman–Crippen MR) is 140 cm³/mol. The zero-order valence-corrected chi connectivity index (χ0v) is 22.4. The van der Waals surface area contributed by atoms with Crippen LogP contribution in [0.15, 0.2) is 48.5 Å². The fraction of sp³-hybridized carbons (Fsp3) is 0.444. The second-order valence-corrected chi connectivity index (χ2v) is 10.5. The second kappa shape index (κ2) is 12.6. The largest absolute Gasteiger partial charge is 0.375 e. The number of rotatable bonds is 11. The van der Waals surface area contributed by atoms with E-state index in [1.165, 1.54) is 25.3 Å². The first-order valence-electron chi connectivity index (χ1n) is 12.1. The van der Waals surface area contributed by atoms with Gasteiger partial charge in [0.2, 0.25) is 5.91 Å². The molecule has 2 aromatic carbocycles. The van der Waals surface area contributed by atoms with Crippen molar-refractivity contribution >= 4 is 17.5 Å². The van der Waals surface area contributed by atoms with Crippen LogP contribution in [0.25, 0.3) is 11.4 Å². The molecule has 0 aliphatic rings. The van der Waals surface area contributed by atoms with Gasteiger partial charge in [0.25, 0.3) is 0 Å².